The number of carbonyl (C=O) groups is 3. The molecule has 3 rings (SSSR count). The molecule has 1 aliphatic heterocycles. The summed E-state index contributed by atoms with van der Waals surface area (Å²) in [5, 5.41) is 5.23. The van der Waals surface area contributed by atoms with Crippen LogP contribution in [0.3, 0.4) is 0 Å². The summed E-state index contributed by atoms with van der Waals surface area (Å²) in [6, 6.07) is 3.22. The summed E-state index contributed by atoms with van der Waals surface area (Å²) in [5.41, 5.74) is 0. The highest BCUT2D eigenvalue weighted by Gasteiger charge is 2.42. The number of amides is 3. The number of halogens is 5. The first kappa shape index (κ1) is 26.0. The van der Waals surface area contributed by atoms with Crippen molar-refractivity contribution in [3.63, 3.8) is 0 Å². The van der Waals surface area contributed by atoms with Gasteiger partial charge in [0.25, 0.3) is 5.91 Å². The van der Waals surface area contributed by atoms with Crippen LogP contribution in [0.5, 0.6) is 5.75 Å². The van der Waals surface area contributed by atoms with Gasteiger partial charge in [-0.3, -0.25) is 14.3 Å². The van der Waals surface area contributed by atoms with Gasteiger partial charge in [0, 0.05) is 31.1 Å². The van der Waals surface area contributed by atoms with Crippen LogP contribution in [0, 0.1) is 11.7 Å². The third kappa shape index (κ3) is 7.73. The van der Waals surface area contributed by atoms with Gasteiger partial charge in [0.05, 0.1) is 17.7 Å². The van der Waals surface area contributed by atoms with E-state index in [0.717, 1.165) is 6.07 Å². The van der Waals surface area contributed by atoms with Gasteiger partial charge in [-0.15, -0.1) is 13.2 Å². The number of likely N-dealkylation sites (tertiary alicyclic amines) is 1. The fourth-order valence-corrected chi connectivity index (χ4v) is 3.86. The number of carbonyl (C=O) groups excluding carboxylic acids is 3. The van der Waals surface area contributed by atoms with Gasteiger partial charge < -0.3 is 20.3 Å². The van der Waals surface area contributed by atoms with Gasteiger partial charge in [-0.05, 0) is 37.8 Å². The number of nitrogens with zero attached hydrogens (tertiary/aromatic N) is 1. The molecule has 0 unspecified atom stereocenters. The minimum Gasteiger partial charge on any atom is -0.484 e. The zero-order valence-corrected chi connectivity index (χ0v) is 18.8. The second kappa shape index (κ2) is 11.2. The summed E-state index contributed by atoms with van der Waals surface area (Å²) in [4.78, 5) is 37.9. The van der Waals surface area contributed by atoms with Gasteiger partial charge in [-0.1, -0.05) is 11.6 Å². The van der Waals surface area contributed by atoms with E-state index < -0.39 is 36.1 Å². The molecule has 1 aliphatic carbocycles. The highest BCUT2D eigenvalue weighted by atomic mass is 35.5. The molecule has 2 fully saturated rings. The van der Waals surface area contributed by atoms with E-state index in [2.05, 4.69) is 15.4 Å². The van der Waals surface area contributed by atoms with Crippen molar-refractivity contribution < 1.29 is 41.4 Å². The molecule has 1 heterocycles. The van der Waals surface area contributed by atoms with Gasteiger partial charge >= 0.3 is 12.4 Å². The van der Waals surface area contributed by atoms with Gasteiger partial charge in [-0.25, -0.2) is 9.18 Å². The summed E-state index contributed by atoms with van der Waals surface area (Å²) >= 11 is 5.59. The fraction of sp³-hybridized carbons (Fsp3) is 0.571. The van der Waals surface area contributed by atoms with Crippen molar-refractivity contribution in [2.75, 3.05) is 26.2 Å². The first-order valence-corrected chi connectivity index (χ1v) is 11.0. The normalized spacial score (nSPS) is 20.9. The predicted molar refractivity (Wildman–Crippen MR) is 112 cm³/mol. The molecule has 13 heteroatoms. The van der Waals surface area contributed by atoms with E-state index in [0.29, 0.717) is 25.9 Å². The average molecular weight is 510 g/mol. The fourth-order valence-electron chi connectivity index (χ4n) is 3.74. The highest BCUT2D eigenvalue weighted by molar-refractivity contribution is 6.30. The molecule has 2 N–H and O–H groups in total. The first-order valence-electron chi connectivity index (χ1n) is 10.7. The van der Waals surface area contributed by atoms with Crippen LogP contribution in [-0.2, 0) is 14.3 Å². The van der Waals surface area contributed by atoms with Crippen molar-refractivity contribution in [1.29, 1.82) is 0 Å². The Morgan fingerprint density at radius 3 is 2.44 bits per heavy atom. The number of benzene rings is 1. The molecule has 0 spiro atoms. The van der Waals surface area contributed by atoms with Crippen LogP contribution in [0.4, 0.5) is 22.4 Å². The van der Waals surface area contributed by atoms with Crippen LogP contribution in [0.25, 0.3) is 0 Å². The van der Waals surface area contributed by atoms with Crippen molar-refractivity contribution in [2.45, 2.75) is 44.2 Å². The van der Waals surface area contributed by atoms with Gasteiger partial charge in [0.15, 0.2) is 12.4 Å². The van der Waals surface area contributed by atoms with Crippen molar-refractivity contribution in [2.24, 2.45) is 5.92 Å². The lowest BCUT2D eigenvalue weighted by molar-refractivity contribution is -0.353. The summed E-state index contributed by atoms with van der Waals surface area (Å²) in [6.45, 7) is 0.125. The maximum absolute atomic E-state index is 13.4. The molecule has 1 aromatic rings. The van der Waals surface area contributed by atoms with Crippen LogP contribution in [0.2, 0.25) is 5.02 Å². The lowest BCUT2D eigenvalue weighted by Crippen LogP contribution is -2.51. The largest absolute Gasteiger partial charge is 0.522 e. The monoisotopic (exact) mass is 509 g/mol. The maximum atomic E-state index is 13.4. The Bertz CT molecular complexity index is 903. The second-order valence-corrected chi connectivity index (χ2v) is 8.58. The zero-order chi connectivity index (χ0) is 24.9. The molecule has 3 amide bonds. The summed E-state index contributed by atoms with van der Waals surface area (Å²) in [5.74, 6) is -1.77. The molecule has 2 aliphatic rings. The Hall–Kier alpha value is -2.60. The lowest BCUT2D eigenvalue weighted by Gasteiger charge is -2.35. The third-order valence-electron chi connectivity index (χ3n) is 5.67. The predicted octanol–water partition coefficient (Wildman–Crippen LogP) is 3.03. The average Bonchev–Trinajstić information content (AvgIpc) is 2.74. The Morgan fingerprint density at radius 2 is 1.82 bits per heavy atom. The molecule has 188 valence electrons. The first-order chi connectivity index (χ1) is 16.0. The number of hydrogen-bond acceptors (Lipinski definition) is 5. The van der Waals surface area contributed by atoms with Crippen molar-refractivity contribution in [3.05, 3.63) is 29.0 Å². The van der Waals surface area contributed by atoms with Gasteiger partial charge in [0.2, 0.25) is 0 Å². The van der Waals surface area contributed by atoms with Crippen LogP contribution in [-0.4, -0.2) is 67.4 Å². The maximum Gasteiger partial charge on any atom is 0.522 e. The van der Waals surface area contributed by atoms with Gasteiger partial charge in [0.1, 0.15) is 11.6 Å². The minimum absolute atomic E-state index is 0.0179. The molecule has 8 nitrogen and oxygen atoms in total. The Labute approximate surface area is 197 Å². The third-order valence-corrected chi connectivity index (χ3v) is 5.98. The zero-order valence-electron chi connectivity index (χ0n) is 18.0. The van der Waals surface area contributed by atoms with E-state index in [1.54, 1.807) is 0 Å². The topological polar surface area (TPSA) is 97.0 Å². The molecular formula is C21H24ClF4N3O5. The van der Waals surface area contributed by atoms with Crippen molar-refractivity contribution in [1.82, 2.24) is 15.5 Å². The number of urea groups is 1. The minimum atomic E-state index is -4.72. The quantitative estimate of drug-likeness (QED) is 0.525. The van der Waals surface area contributed by atoms with Crippen LogP contribution >= 0.6 is 11.6 Å². The summed E-state index contributed by atoms with van der Waals surface area (Å²) < 4.78 is 58.9. The number of rotatable bonds is 8. The molecule has 0 radical (unpaired) electrons. The number of alkyl halides is 3. The molecule has 0 aromatic heterocycles. The van der Waals surface area contributed by atoms with E-state index in [9.17, 15) is 31.9 Å². The lowest BCUT2D eigenvalue weighted by atomic mass is 9.79. The highest BCUT2D eigenvalue weighted by Crippen LogP contribution is 2.35. The van der Waals surface area contributed by atoms with E-state index in [1.807, 2.05) is 0 Å². The molecular weight excluding hydrogens is 486 g/mol. The van der Waals surface area contributed by atoms with E-state index in [4.69, 9.17) is 16.3 Å². The molecule has 0 atom stereocenters. The van der Waals surface area contributed by atoms with Crippen molar-refractivity contribution >= 4 is 29.3 Å². The second-order valence-electron chi connectivity index (χ2n) is 8.17. The molecule has 0 bridgehead atoms. The smallest absolute Gasteiger partial charge is 0.484 e. The number of ether oxygens (including phenoxy) is 2. The van der Waals surface area contributed by atoms with E-state index in [-0.39, 0.29) is 48.6 Å². The van der Waals surface area contributed by atoms with Crippen molar-refractivity contribution in [3.8, 4) is 5.75 Å². The SMILES string of the molecule is O=C(COc1ccc(Cl)c(F)c1)NC1CCN(C(=O)NCC(=O)C2CC(OC(F)(F)F)C2)CC1. The summed E-state index contributed by atoms with van der Waals surface area (Å²) in [6.07, 6.45) is -4.80. The van der Waals surface area contributed by atoms with E-state index >= 15 is 0 Å². The van der Waals surface area contributed by atoms with Crippen LogP contribution in [0.15, 0.2) is 18.2 Å². The molecule has 1 saturated heterocycles. The Balaban J connectivity index is 1.29. The Morgan fingerprint density at radius 1 is 1.15 bits per heavy atom. The Kier molecular flexibility index (Phi) is 8.58. The number of hydrogen-bond donors (Lipinski definition) is 2. The van der Waals surface area contributed by atoms with Crippen LogP contribution < -0.4 is 15.4 Å². The number of nitrogens with one attached hydrogen (secondary N) is 2. The number of Topliss-reactive ketones (excluding diaryl/α,β-unsaturated/α-hetero) is 1. The van der Waals surface area contributed by atoms with E-state index in [1.165, 1.54) is 17.0 Å². The van der Waals surface area contributed by atoms with Crippen LogP contribution in [0.1, 0.15) is 25.7 Å². The summed E-state index contributed by atoms with van der Waals surface area (Å²) in [7, 11) is 0. The van der Waals surface area contributed by atoms with Gasteiger partial charge in [-0.2, -0.15) is 0 Å². The molecule has 1 saturated carbocycles. The number of ketones is 1. The molecule has 34 heavy (non-hydrogen) atoms. The number of piperidine rings is 1. The molecule has 1 aromatic carbocycles. The standard InChI is InChI=1S/C21H24ClF4N3O5/c22-16-2-1-14(9-17(16)23)33-11-19(31)28-13-3-5-29(6-4-13)20(32)27-10-18(30)12-7-15(8-12)34-21(24,25)26/h1-2,9,12-13,15H,3-8,10-11H2,(H,27,32)(H,28,31).